The fraction of sp³-hybridized carbons (Fsp3) is 0.231. The van der Waals surface area contributed by atoms with E-state index in [0.29, 0.717) is 0 Å². The lowest BCUT2D eigenvalue weighted by molar-refractivity contribution is -0.146. The average molecular weight is 286 g/mol. The van der Waals surface area contributed by atoms with Gasteiger partial charge in [0, 0.05) is 6.08 Å². The fourth-order valence-corrected chi connectivity index (χ4v) is 1.17. The summed E-state index contributed by atoms with van der Waals surface area (Å²) in [6.45, 7) is -0.204. The minimum absolute atomic E-state index is 0. The number of esters is 2. The molecule has 1 aromatic rings. The van der Waals surface area contributed by atoms with Gasteiger partial charge in [0.1, 0.15) is 12.6 Å². The second-order valence-electron chi connectivity index (χ2n) is 3.50. The quantitative estimate of drug-likeness (QED) is 0.649. The lowest BCUT2D eigenvalue weighted by Crippen LogP contribution is -2.36. The van der Waals surface area contributed by atoms with Gasteiger partial charge in [0.25, 0.3) is 0 Å². The molecule has 0 aromatic heterocycles. The molecule has 0 heterocycles. The zero-order chi connectivity index (χ0) is 13.4. The maximum Gasteiger partial charge on any atom is 0.330 e. The van der Waals surface area contributed by atoms with Crippen molar-refractivity contribution in [3.05, 3.63) is 42.0 Å². The third-order valence-electron chi connectivity index (χ3n) is 2.12. The summed E-state index contributed by atoms with van der Waals surface area (Å²) in [5, 5.41) is 0. The number of carbonyl (C=O) groups excluding carboxylic acids is 2. The van der Waals surface area contributed by atoms with Crippen molar-refractivity contribution in [3.8, 4) is 0 Å². The van der Waals surface area contributed by atoms with Crippen molar-refractivity contribution in [2.24, 2.45) is 5.73 Å². The minimum atomic E-state index is -0.955. The molecular weight excluding hydrogens is 270 g/mol. The Balaban J connectivity index is 0.00000324. The van der Waals surface area contributed by atoms with Crippen LogP contribution in [0.5, 0.6) is 0 Å². The van der Waals surface area contributed by atoms with Gasteiger partial charge in [-0.3, -0.25) is 4.79 Å². The molecule has 0 saturated heterocycles. The Kier molecular flexibility index (Phi) is 8.24. The van der Waals surface area contributed by atoms with Crippen molar-refractivity contribution in [2.75, 3.05) is 13.7 Å². The summed E-state index contributed by atoms with van der Waals surface area (Å²) in [5.41, 5.74) is 6.29. The summed E-state index contributed by atoms with van der Waals surface area (Å²) in [5.74, 6) is -1.17. The molecule has 0 amide bonds. The van der Waals surface area contributed by atoms with Gasteiger partial charge in [-0.25, -0.2) is 4.79 Å². The van der Waals surface area contributed by atoms with Gasteiger partial charge >= 0.3 is 11.9 Å². The summed E-state index contributed by atoms with van der Waals surface area (Å²) in [6.07, 6.45) is 2.89. The highest BCUT2D eigenvalue weighted by Gasteiger charge is 2.14. The largest absolute Gasteiger partial charge is 0.468 e. The normalized spacial score (nSPS) is 11.5. The van der Waals surface area contributed by atoms with E-state index in [0.717, 1.165) is 5.56 Å². The standard InChI is InChI=1S/C13H15NO4.ClH/c1-17-13(16)11(14)9-18-12(15)8-7-10-5-3-2-4-6-10;/h2-8,11H,9,14H2,1H3;1H/t11-;/m0./s1. The molecule has 0 aliphatic rings. The van der Waals surface area contributed by atoms with Crippen molar-refractivity contribution in [1.82, 2.24) is 0 Å². The second kappa shape index (κ2) is 9.13. The van der Waals surface area contributed by atoms with Gasteiger partial charge in [-0.1, -0.05) is 30.3 Å². The molecule has 104 valence electrons. The van der Waals surface area contributed by atoms with Gasteiger partial charge in [0.05, 0.1) is 7.11 Å². The van der Waals surface area contributed by atoms with Gasteiger partial charge in [0.2, 0.25) is 0 Å². The van der Waals surface area contributed by atoms with Crippen molar-refractivity contribution >= 4 is 30.4 Å². The zero-order valence-corrected chi connectivity index (χ0v) is 11.3. The number of benzene rings is 1. The Morgan fingerprint density at radius 3 is 2.53 bits per heavy atom. The van der Waals surface area contributed by atoms with E-state index in [2.05, 4.69) is 4.74 Å². The first-order valence-corrected chi connectivity index (χ1v) is 5.37. The van der Waals surface area contributed by atoms with E-state index in [-0.39, 0.29) is 19.0 Å². The molecule has 2 N–H and O–H groups in total. The number of halogens is 1. The average Bonchev–Trinajstić information content (AvgIpc) is 2.42. The molecule has 19 heavy (non-hydrogen) atoms. The molecule has 0 aliphatic carbocycles. The van der Waals surface area contributed by atoms with E-state index in [9.17, 15) is 9.59 Å². The monoisotopic (exact) mass is 285 g/mol. The molecule has 0 saturated carbocycles. The second-order valence-corrected chi connectivity index (χ2v) is 3.50. The van der Waals surface area contributed by atoms with E-state index >= 15 is 0 Å². The Hall–Kier alpha value is -1.85. The van der Waals surface area contributed by atoms with Gasteiger partial charge in [-0.2, -0.15) is 0 Å². The molecule has 5 nitrogen and oxygen atoms in total. The molecule has 1 aromatic carbocycles. The van der Waals surface area contributed by atoms with Crippen LogP contribution in [0.4, 0.5) is 0 Å². The van der Waals surface area contributed by atoms with Crippen LogP contribution in [0.25, 0.3) is 6.08 Å². The predicted molar refractivity (Wildman–Crippen MR) is 73.7 cm³/mol. The summed E-state index contributed by atoms with van der Waals surface area (Å²) in [4.78, 5) is 22.3. The summed E-state index contributed by atoms with van der Waals surface area (Å²) >= 11 is 0. The first kappa shape index (κ1) is 17.2. The van der Waals surface area contributed by atoms with Crippen LogP contribution in [0, 0.1) is 0 Å². The highest BCUT2D eigenvalue weighted by molar-refractivity contribution is 5.87. The van der Waals surface area contributed by atoms with Gasteiger partial charge in [-0.15, -0.1) is 12.4 Å². The molecule has 0 fully saturated rings. The summed E-state index contributed by atoms with van der Waals surface area (Å²) < 4.78 is 9.20. The maximum atomic E-state index is 11.3. The molecule has 0 bridgehead atoms. The van der Waals surface area contributed by atoms with Crippen molar-refractivity contribution < 1.29 is 19.1 Å². The third-order valence-corrected chi connectivity index (χ3v) is 2.12. The minimum Gasteiger partial charge on any atom is -0.468 e. The Morgan fingerprint density at radius 1 is 1.32 bits per heavy atom. The van der Waals surface area contributed by atoms with E-state index in [4.69, 9.17) is 10.5 Å². The molecule has 0 aliphatic heterocycles. The lowest BCUT2D eigenvalue weighted by Gasteiger charge is -2.08. The van der Waals surface area contributed by atoms with Crippen LogP contribution in [0.1, 0.15) is 5.56 Å². The summed E-state index contributed by atoms with van der Waals surface area (Å²) in [7, 11) is 1.22. The number of methoxy groups -OCH3 is 1. The van der Waals surface area contributed by atoms with Crippen LogP contribution in [0.15, 0.2) is 36.4 Å². The Labute approximate surface area is 117 Å². The molecule has 1 rings (SSSR count). The smallest absolute Gasteiger partial charge is 0.330 e. The number of rotatable bonds is 5. The molecule has 0 radical (unpaired) electrons. The van der Waals surface area contributed by atoms with Gasteiger partial charge in [-0.05, 0) is 11.6 Å². The van der Waals surface area contributed by atoms with Gasteiger partial charge in [0.15, 0.2) is 0 Å². The topological polar surface area (TPSA) is 78.6 Å². The van der Waals surface area contributed by atoms with Crippen LogP contribution in [0.3, 0.4) is 0 Å². The zero-order valence-electron chi connectivity index (χ0n) is 10.4. The molecular formula is C13H16ClNO4. The third kappa shape index (κ3) is 6.59. The van der Waals surface area contributed by atoms with Crippen molar-refractivity contribution in [2.45, 2.75) is 6.04 Å². The SMILES string of the molecule is COC(=O)[C@@H](N)COC(=O)C=Cc1ccccc1.Cl. The molecule has 0 unspecified atom stereocenters. The van der Waals surface area contributed by atoms with Crippen LogP contribution in [-0.4, -0.2) is 31.7 Å². The highest BCUT2D eigenvalue weighted by atomic mass is 35.5. The molecule has 1 atom stereocenters. The Morgan fingerprint density at radius 2 is 1.95 bits per heavy atom. The first-order chi connectivity index (χ1) is 8.63. The summed E-state index contributed by atoms with van der Waals surface area (Å²) in [6, 6.07) is 8.35. The van der Waals surface area contributed by atoms with Crippen molar-refractivity contribution in [1.29, 1.82) is 0 Å². The number of hydrogen-bond acceptors (Lipinski definition) is 5. The van der Waals surface area contributed by atoms with E-state index in [1.165, 1.54) is 13.2 Å². The number of hydrogen-bond donors (Lipinski definition) is 1. The number of ether oxygens (including phenoxy) is 2. The van der Waals surface area contributed by atoms with E-state index in [1.807, 2.05) is 30.3 Å². The molecule has 0 spiro atoms. The molecule has 6 heteroatoms. The Bertz CT molecular complexity index is 434. The highest BCUT2D eigenvalue weighted by Crippen LogP contribution is 2.01. The lowest BCUT2D eigenvalue weighted by atomic mass is 10.2. The van der Waals surface area contributed by atoms with Crippen LogP contribution < -0.4 is 5.73 Å². The van der Waals surface area contributed by atoms with Crippen LogP contribution >= 0.6 is 12.4 Å². The fourth-order valence-electron chi connectivity index (χ4n) is 1.17. The van der Waals surface area contributed by atoms with E-state index in [1.54, 1.807) is 6.08 Å². The number of carbonyl (C=O) groups is 2. The van der Waals surface area contributed by atoms with Gasteiger partial charge < -0.3 is 15.2 Å². The predicted octanol–water partition coefficient (Wildman–Crippen LogP) is 1.17. The number of nitrogens with two attached hydrogens (primary N) is 1. The van der Waals surface area contributed by atoms with Crippen LogP contribution in [0.2, 0.25) is 0 Å². The first-order valence-electron chi connectivity index (χ1n) is 5.37. The van der Waals surface area contributed by atoms with Crippen molar-refractivity contribution in [3.63, 3.8) is 0 Å². The maximum absolute atomic E-state index is 11.3. The van der Waals surface area contributed by atoms with Crippen LogP contribution in [-0.2, 0) is 19.1 Å². The van der Waals surface area contributed by atoms with E-state index < -0.39 is 18.0 Å².